The van der Waals surface area contributed by atoms with E-state index in [0.29, 0.717) is 36.2 Å². The van der Waals surface area contributed by atoms with Crippen molar-refractivity contribution in [3.8, 4) is 5.75 Å². The number of halogens is 6. The van der Waals surface area contributed by atoms with Gasteiger partial charge in [0.15, 0.2) is 17.9 Å². The van der Waals surface area contributed by atoms with Gasteiger partial charge in [-0.25, -0.2) is 13.2 Å². The van der Waals surface area contributed by atoms with Crippen molar-refractivity contribution in [2.75, 3.05) is 26.9 Å². The molecule has 0 saturated carbocycles. The van der Waals surface area contributed by atoms with Gasteiger partial charge in [0.25, 0.3) is 0 Å². The summed E-state index contributed by atoms with van der Waals surface area (Å²) in [5, 5.41) is 0.978. The monoisotopic (exact) mass is 500 g/mol. The second-order valence-corrected chi connectivity index (χ2v) is 8.28. The second-order valence-electron chi connectivity index (χ2n) is 8.28. The fourth-order valence-corrected chi connectivity index (χ4v) is 4.01. The van der Waals surface area contributed by atoms with Gasteiger partial charge in [-0.3, -0.25) is 0 Å². The molecule has 1 saturated heterocycles. The van der Waals surface area contributed by atoms with Crippen LogP contribution in [0.1, 0.15) is 23.0 Å². The summed E-state index contributed by atoms with van der Waals surface area (Å²) in [6.45, 7) is 1.49. The molecular formula is C25H22F6O4. The summed E-state index contributed by atoms with van der Waals surface area (Å²) in [5.41, 5.74) is 1.12. The fourth-order valence-electron chi connectivity index (χ4n) is 4.01. The lowest BCUT2D eigenvalue weighted by Gasteiger charge is -2.29. The molecule has 188 valence electrons. The third-order valence-corrected chi connectivity index (χ3v) is 5.66. The largest absolute Gasteiger partial charge is 0.573 e. The van der Waals surface area contributed by atoms with Crippen molar-refractivity contribution in [2.45, 2.75) is 25.5 Å². The van der Waals surface area contributed by atoms with Crippen LogP contribution in [0.4, 0.5) is 26.3 Å². The zero-order valence-corrected chi connectivity index (χ0v) is 18.6. The lowest BCUT2D eigenvalue weighted by atomic mass is 9.98. The molecule has 0 N–H and O–H groups in total. The Balaban J connectivity index is 1.46. The molecule has 0 aliphatic carbocycles. The highest BCUT2D eigenvalue weighted by Gasteiger charge is 2.34. The van der Waals surface area contributed by atoms with E-state index in [1.54, 1.807) is 37.4 Å². The quantitative estimate of drug-likeness (QED) is 0.360. The maximum Gasteiger partial charge on any atom is 0.573 e. The molecule has 4 nitrogen and oxygen atoms in total. The third kappa shape index (κ3) is 6.06. The lowest BCUT2D eigenvalue weighted by molar-refractivity contribution is -0.276. The molecule has 0 radical (unpaired) electrons. The van der Waals surface area contributed by atoms with Crippen molar-refractivity contribution in [2.24, 2.45) is 5.92 Å². The van der Waals surface area contributed by atoms with Gasteiger partial charge in [0, 0.05) is 24.0 Å². The van der Waals surface area contributed by atoms with Gasteiger partial charge in [-0.05, 0) is 47.6 Å². The van der Waals surface area contributed by atoms with Gasteiger partial charge in [0.1, 0.15) is 5.82 Å². The molecule has 35 heavy (non-hydrogen) atoms. The molecule has 1 aliphatic rings. The Morgan fingerprint density at radius 1 is 0.914 bits per heavy atom. The summed E-state index contributed by atoms with van der Waals surface area (Å²) in [6.07, 6.45) is -5.70. The van der Waals surface area contributed by atoms with E-state index in [0.717, 1.165) is 17.7 Å². The van der Waals surface area contributed by atoms with E-state index in [2.05, 4.69) is 4.74 Å². The summed E-state index contributed by atoms with van der Waals surface area (Å²) in [4.78, 5) is 0. The van der Waals surface area contributed by atoms with E-state index >= 15 is 4.39 Å². The van der Waals surface area contributed by atoms with E-state index < -0.39 is 35.9 Å². The number of hydrogen-bond donors (Lipinski definition) is 0. The minimum atomic E-state index is -5.22. The molecule has 0 aromatic heterocycles. The van der Waals surface area contributed by atoms with E-state index in [1.165, 1.54) is 0 Å². The highest BCUT2D eigenvalue weighted by Crippen LogP contribution is 2.32. The van der Waals surface area contributed by atoms with Gasteiger partial charge in [-0.15, -0.1) is 13.2 Å². The molecule has 3 aromatic rings. The summed E-state index contributed by atoms with van der Waals surface area (Å²) in [7, 11) is 1.61. The smallest absolute Gasteiger partial charge is 0.399 e. The van der Waals surface area contributed by atoms with E-state index in [1.807, 2.05) is 0 Å². The Hall–Kier alpha value is -2.82. The molecule has 10 heteroatoms. The Morgan fingerprint density at radius 3 is 2.23 bits per heavy atom. The van der Waals surface area contributed by atoms with Crippen molar-refractivity contribution in [3.05, 3.63) is 76.6 Å². The average Bonchev–Trinajstić information content (AvgIpc) is 2.81. The highest BCUT2D eigenvalue weighted by atomic mass is 19.4. The van der Waals surface area contributed by atoms with Crippen LogP contribution in [0.15, 0.2) is 42.5 Å². The third-order valence-electron chi connectivity index (χ3n) is 5.66. The maximum absolute atomic E-state index is 15.1. The first-order valence-corrected chi connectivity index (χ1v) is 10.8. The van der Waals surface area contributed by atoms with Crippen LogP contribution < -0.4 is 4.74 Å². The highest BCUT2D eigenvalue weighted by molar-refractivity contribution is 5.84. The normalized spacial score (nSPS) is 18.7. The number of benzene rings is 3. The molecule has 1 fully saturated rings. The topological polar surface area (TPSA) is 36.9 Å². The van der Waals surface area contributed by atoms with Crippen molar-refractivity contribution in [3.63, 3.8) is 0 Å². The summed E-state index contributed by atoms with van der Waals surface area (Å²) < 4.78 is 99.9. The zero-order valence-electron chi connectivity index (χ0n) is 18.6. The van der Waals surface area contributed by atoms with Gasteiger partial charge in [0.05, 0.1) is 19.8 Å². The number of aryl methyl sites for hydroxylation is 2. The predicted molar refractivity (Wildman–Crippen MR) is 114 cm³/mol. The predicted octanol–water partition coefficient (Wildman–Crippen LogP) is 6.25. The minimum absolute atomic E-state index is 0.00699. The standard InChI is InChI=1S/C25H22F6O4/c1-32-11-15-12-33-24(34-13-15)18-6-7-19-17(10-18)5-4-16(22(19)28)3-2-14-8-20(26)23(21(27)9-14)35-25(29,30)31/h4-10,15,24H,2-3,11-13H2,1H3. The first-order chi connectivity index (χ1) is 16.6. The molecule has 3 aromatic carbocycles. The molecule has 4 rings (SSSR count). The fraction of sp³-hybridized carbons (Fsp3) is 0.360. The molecule has 0 bridgehead atoms. The van der Waals surface area contributed by atoms with Gasteiger partial charge in [-0.1, -0.05) is 24.3 Å². The maximum atomic E-state index is 15.1. The molecule has 0 atom stereocenters. The van der Waals surface area contributed by atoms with Crippen LogP contribution in [-0.2, 0) is 27.1 Å². The van der Waals surface area contributed by atoms with Crippen LogP contribution in [0, 0.1) is 23.4 Å². The van der Waals surface area contributed by atoms with Crippen LogP contribution in [0.3, 0.4) is 0 Å². The van der Waals surface area contributed by atoms with E-state index in [-0.39, 0.29) is 24.3 Å². The molecule has 1 heterocycles. The van der Waals surface area contributed by atoms with Gasteiger partial charge in [-0.2, -0.15) is 0 Å². The van der Waals surface area contributed by atoms with Gasteiger partial charge >= 0.3 is 6.36 Å². The first kappa shape index (κ1) is 25.3. The number of alkyl halides is 3. The van der Waals surface area contributed by atoms with Crippen LogP contribution >= 0.6 is 0 Å². The van der Waals surface area contributed by atoms with Crippen LogP contribution in [0.5, 0.6) is 5.75 Å². The van der Waals surface area contributed by atoms with Crippen LogP contribution in [0.2, 0.25) is 0 Å². The zero-order chi connectivity index (χ0) is 25.2. The molecule has 0 amide bonds. The number of hydrogen-bond acceptors (Lipinski definition) is 4. The first-order valence-electron chi connectivity index (χ1n) is 10.8. The van der Waals surface area contributed by atoms with E-state index in [9.17, 15) is 22.0 Å². The molecule has 0 spiro atoms. The molecule has 1 aliphatic heterocycles. The number of methoxy groups -OCH3 is 1. The van der Waals surface area contributed by atoms with Crippen molar-refractivity contribution >= 4 is 10.8 Å². The molecular weight excluding hydrogens is 478 g/mol. The Kier molecular flexibility index (Phi) is 7.53. The number of rotatable bonds is 7. The minimum Gasteiger partial charge on any atom is -0.399 e. The van der Waals surface area contributed by atoms with Crippen molar-refractivity contribution in [1.29, 1.82) is 0 Å². The van der Waals surface area contributed by atoms with Gasteiger partial charge in [0.2, 0.25) is 5.75 Å². The second kappa shape index (κ2) is 10.4. The number of ether oxygens (including phenoxy) is 4. The molecule has 0 unspecified atom stereocenters. The summed E-state index contributed by atoms with van der Waals surface area (Å²) in [6, 6.07) is 9.86. The van der Waals surface area contributed by atoms with E-state index in [4.69, 9.17) is 14.2 Å². The van der Waals surface area contributed by atoms with Crippen molar-refractivity contribution in [1.82, 2.24) is 0 Å². The van der Waals surface area contributed by atoms with Crippen molar-refractivity contribution < 1.29 is 45.3 Å². The SMILES string of the molecule is COCC1COC(c2ccc3c(F)c(CCc4cc(F)c(OC(F)(F)F)c(F)c4)ccc3c2)OC1. The Morgan fingerprint density at radius 2 is 1.60 bits per heavy atom. The summed E-state index contributed by atoms with van der Waals surface area (Å²) >= 11 is 0. The summed E-state index contributed by atoms with van der Waals surface area (Å²) in [5.74, 6) is -4.83. The lowest BCUT2D eigenvalue weighted by Crippen LogP contribution is -2.29. The van der Waals surface area contributed by atoms with Crippen LogP contribution in [0.25, 0.3) is 10.8 Å². The van der Waals surface area contributed by atoms with Gasteiger partial charge < -0.3 is 18.9 Å². The Labute approximate surface area is 197 Å². The Bertz CT molecular complexity index is 1170. The number of fused-ring (bicyclic) bond motifs is 1. The van der Waals surface area contributed by atoms with Crippen LogP contribution in [-0.4, -0.2) is 33.3 Å². The average molecular weight is 500 g/mol.